The maximum absolute atomic E-state index is 5.09. The number of benzene rings is 1. The van der Waals surface area contributed by atoms with Crippen LogP contribution in [0.4, 0.5) is 0 Å². The van der Waals surface area contributed by atoms with E-state index in [0.29, 0.717) is 0 Å². The number of hydrogen-bond acceptors (Lipinski definition) is 6. The molecule has 0 unspecified atom stereocenters. The van der Waals surface area contributed by atoms with Crippen LogP contribution in [-0.2, 0) is 5.75 Å². The van der Waals surface area contributed by atoms with Crippen molar-refractivity contribution in [3.63, 3.8) is 0 Å². The Labute approximate surface area is 133 Å². The molecule has 3 aromatic heterocycles. The lowest BCUT2D eigenvalue weighted by Gasteiger charge is -1.92. The Bertz CT molecular complexity index is 831. The van der Waals surface area contributed by atoms with Crippen LogP contribution in [-0.4, -0.2) is 9.97 Å². The molecule has 104 valence electrons. The van der Waals surface area contributed by atoms with E-state index in [2.05, 4.69) is 27.5 Å². The van der Waals surface area contributed by atoms with E-state index >= 15 is 0 Å². The van der Waals surface area contributed by atoms with Gasteiger partial charge in [-0.15, -0.1) is 22.7 Å². The lowest BCUT2D eigenvalue weighted by molar-refractivity contribution is 0.568. The molecule has 0 amide bonds. The maximum Gasteiger partial charge on any atom is 0.151 e. The molecule has 0 atom stereocenters. The number of furan rings is 1. The van der Waals surface area contributed by atoms with Gasteiger partial charge >= 0.3 is 0 Å². The maximum atomic E-state index is 5.09. The SMILES string of the molecule is c1ccc2sc(SCc3csc(-c4ccoc4)n3)nc2c1. The minimum atomic E-state index is 0.841. The molecule has 4 aromatic rings. The summed E-state index contributed by atoms with van der Waals surface area (Å²) >= 11 is 5.12. The highest BCUT2D eigenvalue weighted by Crippen LogP contribution is 2.32. The second-order valence-corrected chi connectivity index (χ2v) is 7.50. The fourth-order valence-corrected chi connectivity index (χ4v) is 4.81. The highest BCUT2D eigenvalue weighted by Gasteiger charge is 2.08. The predicted octanol–water partition coefficient (Wildman–Crippen LogP) is 5.31. The van der Waals surface area contributed by atoms with E-state index < -0.39 is 0 Å². The van der Waals surface area contributed by atoms with E-state index in [4.69, 9.17) is 4.42 Å². The molecule has 0 saturated heterocycles. The van der Waals surface area contributed by atoms with Gasteiger partial charge < -0.3 is 4.42 Å². The third-order valence-corrected chi connectivity index (χ3v) is 6.09. The number of hydrogen-bond donors (Lipinski definition) is 0. The van der Waals surface area contributed by atoms with Crippen LogP contribution in [0.25, 0.3) is 20.8 Å². The molecular weight excluding hydrogens is 320 g/mol. The van der Waals surface area contributed by atoms with Crippen LogP contribution in [0.1, 0.15) is 5.69 Å². The molecule has 4 rings (SSSR count). The summed E-state index contributed by atoms with van der Waals surface area (Å²) in [4.78, 5) is 9.26. The summed E-state index contributed by atoms with van der Waals surface area (Å²) < 4.78 is 7.42. The number of aromatic nitrogens is 2. The molecular formula is C15H10N2OS3. The Kier molecular flexibility index (Phi) is 3.50. The van der Waals surface area contributed by atoms with Gasteiger partial charge in [-0.25, -0.2) is 9.97 Å². The van der Waals surface area contributed by atoms with Crippen molar-refractivity contribution < 1.29 is 4.42 Å². The summed E-state index contributed by atoms with van der Waals surface area (Å²) in [6.45, 7) is 0. The zero-order valence-corrected chi connectivity index (χ0v) is 13.3. The second-order valence-electron chi connectivity index (χ2n) is 4.39. The number of thiazole rings is 2. The monoisotopic (exact) mass is 330 g/mol. The van der Waals surface area contributed by atoms with E-state index in [1.54, 1.807) is 47.0 Å². The molecule has 0 spiro atoms. The van der Waals surface area contributed by atoms with Crippen molar-refractivity contribution in [3.8, 4) is 10.6 Å². The van der Waals surface area contributed by atoms with E-state index in [1.165, 1.54) is 4.70 Å². The first-order valence-electron chi connectivity index (χ1n) is 6.34. The number of rotatable bonds is 4. The van der Waals surface area contributed by atoms with Crippen molar-refractivity contribution in [2.75, 3.05) is 0 Å². The molecule has 3 heterocycles. The Hall–Kier alpha value is -1.63. The number of thioether (sulfide) groups is 1. The smallest absolute Gasteiger partial charge is 0.151 e. The minimum Gasteiger partial charge on any atom is -0.472 e. The zero-order valence-electron chi connectivity index (χ0n) is 10.9. The van der Waals surface area contributed by atoms with E-state index in [0.717, 1.165) is 31.9 Å². The lowest BCUT2D eigenvalue weighted by atomic mass is 10.3. The van der Waals surface area contributed by atoms with Gasteiger partial charge in [-0.05, 0) is 18.2 Å². The summed E-state index contributed by atoms with van der Waals surface area (Å²) in [7, 11) is 0. The Morgan fingerprint density at radius 2 is 2.10 bits per heavy atom. The van der Waals surface area contributed by atoms with Crippen LogP contribution in [0.15, 0.2) is 57.0 Å². The summed E-state index contributed by atoms with van der Waals surface area (Å²) in [6, 6.07) is 10.2. The van der Waals surface area contributed by atoms with Crippen LogP contribution < -0.4 is 0 Å². The number of nitrogens with zero attached hydrogens (tertiary/aromatic N) is 2. The quantitative estimate of drug-likeness (QED) is 0.476. The highest BCUT2D eigenvalue weighted by molar-refractivity contribution is 8.00. The molecule has 0 radical (unpaired) electrons. The summed E-state index contributed by atoms with van der Waals surface area (Å²) in [5.41, 5.74) is 3.19. The van der Waals surface area contributed by atoms with Gasteiger partial charge in [0.05, 0.1) is 22.2 Å². The topological polar surface area (TPSA) is 38.9 Å². The van der Waals surface area contributed by atoms with Crippen LogP contribution in [0.3, 0.4) is 0 Å². The molecule has 0 fully saturated rings. The van der Waals surface area contributed by atoms with Gasteiger partial charge in [-0.2, -0.15) is 0 Å². The van der Waals surface area contributed by atoms with Gasteiger partial charge in [-0.3, -0.25) is 0 Å². The zero-order chi connectivity index (χ0) is 14.1. The van der Waals surface area contributed by atoms with Crippen LogP contribution in [0.5, 0.6) is 0 Å². The van der Waals surface area contributed by atoms with Crippen LogP contribution in [0, 0.1) is 0 Å². The van der Waals surface area contributed by atoms with Crippen molar-refractivity contribution in [1.29, 1.82) is 0 Å². The summed E-state index contributed by atoms with van der Waals surface area (Å²) in [5.74, 6) is 0.841. The molecule has 0 bridgehead atoms. The van der Waals surface area contributed by atoms with E-state index in [9.17, 15) is 0 Å². The number of para-hydroxylation sites is 1. The van der Waals surface area contributed by atoms with Crippen LogP contribution in [0.2, 0.25) is 0 Å². The summed E-state index contributed by atoms with van der Waals surface area (Å²) in [5, 5.41) is 3.10. The molecule has 0 saturated carbocycles. The molecule has 1 aromatic carbocycles. The predicted molar refractivity (Wildman–Crippen MR) is 89.0 cm³/mol. The lowest BCUT2D eigenvalue weighted by Crippen LogP contribution is -1.80. The molecule has 0 N–H and O–H groups in total. The fourth-order valence-electron chi connectivity index (χ4n) is 1.94. The molecule has 0 aliphatic carbocycles. The van der Waals surface area contributed by atoms with Crippen LogP contribution >= 0.6 is 34.4 Å². The fraction of sp³-hybridized carbons (Fsp3) is 0.0667. The van der Waals surface area contributed by atoms with Gasteiger partial charge in [0.1, 0.15) is 11.3 Å². The van der Waals surface area contributed by atoms with Gasteiger partial charge in [0.15, 0.2) is 4.34 Å². The van der Waals surface area contributed by atoms with Crippen molar-refractivity contribution in [2.24, 2.45) is 0 Å². The van der Waals surface area contributed by atoms with Crippen molar-refractivity contribution in [3.05, 3.63) is 53.9 Å². The third-order valence-electron chi connectivity index (χ3n) is 2.94. The third kappa shape index (κ3) is 2.74. The Balaban J connectivity index is 1.49. The minimum absolute atomic E-state index is 0.841. The van der Waals surface area contributed by atoms with Gasteiger partial charge in [-0.1, -0.05) is 23.9 Å². The molecule has 0 aliphatic heterocycles. The van der Waals surface area contributed by atoms with Crippen molar-refractivity contribution in [2.45, 2.75) is 10.1 Å². The largest absolute Gasteiger partial charge is 0.472 e. The average Bonchev–Trinajstić information content (AvgIpc) is 3.23. The molecule has 0 aliphatic rings. The highest BCUT2D eigenvalue weighted by atomic mass is 32.2. The molecule has 3 nitrogen and oxygen atoms in total. The molecule has 6 heteroatoms. The van der Waals surface area contributed by atoms with E-state index in [-0.39, 0.29) is 0 Å². The molecule has 21 heavy (non-hydrogen) atoms. The van der Waals surface area contributed by atoms with E-state index in [1.807, 2.05) is 18.2 Å². The second kappa shape index (κ2) is 5.63. The Morgan fingerprint density at radius 3 is 2.95 bits per heavy atom. The van der Waals surface area contributed by atoms with Gasteiger partial charge in [0.2, 0.25) is 0 Å². The number of fused-ring (bicyclic) bond motifs is 1. The first kappa shape index (κ1) is 13.1. The standard InChI is InChI=1S/C15H10N2OS3/c1-2-4-13-12(3-1)17-15(21-13)20-9-11-8-19-14(16-11)10-5-6-18-7-10/h1-8H,9H2. The Morgan fingerprint density at radius 1 is 1.14 bits per heavy atom. The van der Waals surface area contributed by atoms with Gasteiger partial charge in [0, 0.05) is 16.7 Å². The normalized spacial score (nSPS) is 11.2. The van der Waals surface area contributed by atoms with Crippen molar-refractivity contribution in [1.82, 2.24) is 9.97 Å². The van der Waals surface area contributed by atoms with Gasteiger partial charge in [0.25, 0.3) is 0 Å². The summed E-state index contributed by atoms with van der Waals surface area (Å²) in [6.07, 6.45) is 3.40. The van der Waals surface area contributed by atoms with Crippen molar-refractivity contribution >= 4 is 44.7 Å². The first-order valence-corrected chi connectivity index (χ1v) is 9.02. The first-order chi connectivity index (χ1) is 10.4. The average molecular weight is 330 g/mol.